The van der Waals surface area contributed by atoms with Crippen molar-refractivity contribution in [1.29, 1.82) is 0 Å². The number of halogens is 3. The summed E-state index contributed by atoms with van der Waals surface area (Å²) in [5.41, 5.74) is 5.56. The molecule has 22 heavy (non-hydrogen) atoms. The summed E-state index contributed by atoms with van der Waals surface area (Å²) in [4.78, 5) is 0. The van der Waals surface area contributed by atoms with Crippen LogP contribution in [0.1, 0.15) is 43.2 Å². The fraction of sp³-hybridized carbons (Fsp3) is 0.625. The van der Waals surface area contributed by atoms with E-state index >= 15 is 0 Å². The first-order chi connectivity index (χ1) is 10.4. The van der Waals surface area contributed by atoms with E-state index in [1.165, 1.54) is 20.3 Å². The van der Waals surface area contributed by atoms with E-state index in [2.05, 4.69) is 0 Å². The molecule has 0 radical (unpaired) electrons. The van der Waals surface area contributed by atoms with Gasteiger partial charge in [0, 0.05) is 17.5 Å². The number of rotatable bonds is 4. The van der Waals surface area contributed by atoms with E-state index in [0.29, 0.717) is 6.54 Å². The van der Waals surface area contributed by atoms with Crippen LogP contribution in [0.3, 0.4) is 0 Å². The number of alkyl halides is 3. The zero-order chi connectivity index (χ0) is 16.4. The molecular formula is C16H22F3NO2. The van der Waals surface area contributed by atoms with Crippen molar-refractivity contribution >= 4 is 0 Å². The highest BCUT2D eigenvalue weighted by atomic mass is 19.4. The van der Waals surface area contributed by atoms with Crippen LogP contribution in [0.15, 0.2) is 12.1 Å². The van der Waals surface area contributed by atoms with Crippen molar-refractivity contribution in [3.8, 4) is 11.5 Å². The molecule has 1 aromatic rings. The average molecular weight is 317 g/mol. The van der Waals surface area contributed by atoms with Crippen LogP contribution >= 0.6 is 0 Å². The minimum Gasteiger partial charge on any atom is -0.493 e. The Hall–Kier alpha value is -1.43. The third kappa shape index (κ3) is 2.89. The molecule has 0 bridgehead atoms. The first-order valence-corrected chi connectivity index (χ1v) is 7.42. The topological polar surface area (TPSA) is 44.5 Å². The lowest BCUT2D eigenvalue weighted by Crippen LogP contribution is -2.37. The Kier molecular flexibility index (Phi) is 4.90. The van der Waals surface area contributed by atoms with Crippen LogP contribution in [0.5, 0.6) is 11.5 Å². The number of hydrogen-bond acceptors (Lipinski definition) is 3. The summed E-state index contributed by atoms with van der Waals surface area (Å²) in [5, 5.41) is 0. The molecule has 1 aromatic carbocycles. The van der Waals surface area contributed by atoms with Crippen LogP contribution in [0.25, 0.3) is 0 Å². The van der Waals surface area contributed by atoms with Crippen LogP contribution in [0, 0.1) is 0 Å². The average Bonchev–Trinajstić information content (AvgIpc) is 2.52. The monoisotopic (exact) mass is 317 g/mol. The summed E-state index contributed by atoms with van der Waals surface area (Å²) in [7, 11) is 2.60. The van der Waals surface area contributed by atoms with Gasteiger partial charge in [0.05, 0.1) is 14.2 Å². The molecule has 3 nitrogen and oxygen atoms in total. The second kappa shape index (κ2) is 6.36. The molecule has 124 valence electrons. The molecule has 1 aliphatic carbocycles. The van der Waals surface area contributed by atoms with Gasteiger partial charge in [-0.25, -0.2) is 0 Å². The van der Waals surface area contributed by atoms with Gasteiger partial charge in [-0.05, 0) is 18.9 Å². The Balaban J connectivity index is 2.62. The molecule has 0 amide bonds. The van der Waals surface area contributed by atoms with Gasteiger partial charge in [0.15, 0.2) is 11.5 Å². The number of ether oxygens (including phenoxy) is 2. The van der Waals surface area contributed by atoms with Gasteiger partial charge < -0.3 is 15.2 Å². The summed E-state index contributed by atoms with van der Waals surface area (Å²) in [6, 6.07) is 2.57. The van der Waals surface area contributed by atoms with E-state index in [1.54, 1.807) is 0 Å². The van der Waals surface area contributed by atoms with Crippen molar-refractivity contribution in [1.82, 2.24) is 0 Å². The molecule has 1 saturated carbocycles. The van der Waals surface area contributed by atoms with Gasteiger partial charge in [-0.15, -0.1) is 0 Å². The molecule has 2 rings (SSSR count). The van der Waals surface area contributed by atoms with Crippen molar-refractivity contribution in [3.05, 3.63) is 23.3 Å². The zero-order valence-electron chi connectivity index (χ0n) is 12.9. The standard InChI is InChI=1S/C16H22F3NO2/c1-21-13-11(15(10-20)8-4-3-5-9-15)6-7-12(14(13)22-2)16(17,18)19/h6-7H,3-5,8-10,20H2,1-2H3. The first-order valence-electron chi connectivity index (χ1n) is 7.42. The Morgan fingerprint density at radius 3 is 2.09 bits per heavy atom. The van der Waals surface area contributed by atoms with Gasteiger partial charge in [-0.3, -0.25) is 0 Å². The highest BCUT2D eigenvalue weighted by molar-refractivity contribution is 5.56. The van der Waals surface area contributed by atoms with Crippen molar-refractivity contribution in [3.63, 3.8) is 0 Å². The van der Waals surface area contributed by atoms with Gasteiger partial charge >= 0.3 is 6.18 Å². The first kappa shape index (κ1) is 16.9. The van der Waals surface area contributed by atoms with E-state index in [4.69, 9.17) is 15.2 Å². The normalized spacial score (nSPS) is 18.1. The van der Waals surface area contributed by atoms with E-state index in [0.717, 1.165) is 43.7 Å². The Morgan fingerprint density at radius 1 is 1.05 bits per heavy atom. The van der Waals surface area contributed by atoms with E-state index < -0.39 is 11.7 Å². The molecule has 1 aliphatic rings. The van der Waals surface area contributed by atoms with Gasteiger partial charge in [-0.1, -0.05) is 25.3 Å². The third-order valence-electron chi connectivity index (χ3n) is 4.60. The fourth-order valence-corrected chi connectivity index (χ4v) is 3.42. The minimum absolute atomic E-state index is 0.157. The molecule has 0 unspecified atom stereocenters. The molecule has 0 aliphatic heterocycles. The Bertz CT molecular complexity index is 523. The molecule has 0 atom stereocenters. The smallest absolute Gasteiger partial charge is 0.420 e. The largest absolute Gasteiger partial charge is 0.493 e. The number of hydrogen-bond donors (Lipinski definition) is 1. The Labute approximate surface area is 128 Å². The molecule has 1 fully saturated rings. The lowest BCUT2D eigenvalue weighted by molar-refractivity contribution is -0.138. The second-order valence-corrected chi connectivity index (χ2v) is 5.77. The molecule has 2 N–H and O–H groups in total. The Morgan fingerprint density at radius 2 is 1.64 bits per heavy atom. The zero-order valence-corrected chi connectivity index (χ0v) is 12.9. The van der Waals surface area contributed by atoms with E-state index in [9.17, 15) is 13.2 Å². The maximum Gasteiger partial charge on any atom is 0.420 e. The van der Waals surface area contributed by atoms with Gasteiger partial charge in [0.2, 0.25) is 0 Å². The molecule has 0 saturated heterocycles. The van der Waals surface area contributed by atoms with Crippen molar-refractivity contribution in [2.24, 2.45) is 5.73 Å². The van der Waals surface area contributed by atoms with Crippen molar-refractivity contribution in [2.45, 2.75) is 43.7 Å². The predicted molar refractivity (Wildman–Crippen MR) is 78.4 cm³/mol. The van der Waals surface area contributed by atoms with E-state index in [-0.39, 0.29) is 16.9 Å². The van der Waals surface area contributed by atoms with Crippen molar-refractivity contribution in [2.75, 3.05) is 20.8 Å². The molecule has 0 spiro atoms. The molecule has 6 heteroatoms. The summed E-state index contributed by atoms with van der Waals surface area (Å²) in [6.45, 7) is 0.387. The fourth-order valence-electron chi connectivity index (χ4n) is 3.42. The quantitative estimate of drug-likeness (QED) is 0.916. The number of methoxy groups -OCH3 is 2. The minimum atomic E-state index is -4.49. The van der Waals surface area contributed by atoms with Gasteiger partial charge in [0.25, 0.3) is 0 Å². The van der Waals surface area contributed by atoms with Gasteiger partial charge in [-0.2, -0.15) is 13.2 Å². The lowest BCUT2D eigenvalue weighted by atomic mass is 9.69. The van der Waals surface area contributed by atoms with Crippen LogP contribution in [-0.4, -0.2) is 20.8 Å². The highest BCUT2D eigenvalue weighted by Gasteiger charge is 2.41. The maximum absolute atomic E-state index is 13.1. The predicted octanol–water partition coefficient (Wildman–Crippen LogP) is 3.88. The maximum atomic E-state index is 13.1. The van der Waals surface area contributed by atoms with E-state index in [1.807, 2.05) is 0 Å². The second-order valence-electron chi connectivity index (χ2n) is 5.77. The number of benzene rings is 1. The SMILES string of the molecule is COc1c(C(F)(F)F)ccc(C2(CN)CCCCC2)c1OC. The van der Waals surface area contributed by atoms with Crippen LogP contribution in [0.4, 0.5) is 13.2 Å². The summed E-state index contributed by atoms with van der Waals surface area (Å²) in [5.74, 6) is -0.101. The van der Waals surface area contributed by atoms with Crippen LogP contribution < -0.4 is 15.2 Å². The van der Waals surface area contributed by atoms with Crippen LogP contribution in [0.2, 0.25) is 0 Å². The summed E-state index contributed by atoms with van der Waals surface area (Å²) < 4.78 is 49.8. The van der Waals surface area contributed by atoms with Gasteiger partial charge in [0.1, 0.15) is 5.56 Å². The molecular weight excluding hydrogens is 295 g/mol. The third-order valence-corrected chi connectivity index (χ3v) is 4.60. The number of nitrogens with two attached hydrogens (primary N) is 1. The molecule has 0 heterocycles. The van der Waals surface area contributed by atoms with Crippen LogP contribution in [-0.2, 0) is 11.6 Å². The molecule has 0 aromatic heterocycles. The summed E-state index contributed by atoms with van der Waals surface area (Å²) >= 11 is 0. The van der Waals surface area contributed by atoms with Crippen molar-refractivity contribution < 1.29 is 22.6 Å². The summed E-state index contributed by atoms with van der Waals surface area (Å²) in [6.07, 6.45) is 0.386. The highest BCUT2D eigenvalue weighted by Crippen LogP contribution is 2.49. The lowest BCUT2D eigenvalue weighted by Gasteiger charge is -2.38.